The Morgan fingerprint density at radius 2 is 1.65 bits per heavy atom. The van der Waals surface area contributed by atoms with E-state index in [1.54, 1.807) is 7.11 Å². The highest BCUT2D eigenvalue weighted by atomic mass is 16.5. The second-order valence-corrected chi connectivity index (χ2v) is 7.99. The van der Waals surface area contributed by atoms with Crippen molar-refractivity contribution < 1.29 is 29.5 Å². The van der Waals surface area contributed by atoms with E-state index in [9.17, 15) is 15.3 Å². The molecule has 0 bridgehead atoms. The van der Waals surface area contributed by atoms with Crippen LogP contribution in [0.2, 0.25) is 0 Å². The van der Waals surface area contributed by atoms with Gasteiger partial charge in [0.05, 0.1) is 13.7 Å². The van der Waals surface area contributed by atoms with E-state index in [-0.39, 0.29) is 18.1 Å². The van der Waals surface area contributed by atoms with Gasteiger partial charge in [0.2, 0.25) is 0 Å². The summed E-state index contributed by atoms with van der Waals surface area (Å²) in [6.45, 7) is 1.73. The topological polar surface area (TPSA) is 100 Å². The van der Waals surface area contributed by atoms with Crippen LogP contribution in [0.4, 0.5) is 0 Å². The van der Waals surface area contributed by atoms with Gasteiger partial charge in [-0.1, -0.05) is 36.4 Å². The van der Waals surface area contributed by atoms with Crippen LogP contribution in [0.15, 0.2) is 66.7 Å². The molecule has 182 valence electrons. The van der Waals surface area contributed by atoms with E-state index < -0.39 is 6.10 Å². The molecule has 0 amide bonds. The molecule has 0 aliphatic rings. The number of aliphatic hydroxyl groups is 1. The van der Waals surface area contributed by atoms with Gasteiger partial charge in [-0.25, -0.2) is 0 Å². The van der Waals surface area contributed by atoms with E-state index in [4.69, 9.17) is 14.2 Å². The van der Waals surface area contributed by atoms with Gasteiger partial charge in [-0.15, -0.1) is 0 Å². The Balaban J connectivity index is 1.35. The van der Waals surface area contributed by atoms with E-state index in [0.717, 1.165) is 30.6 Å². The molecule has 0 saturated carbocycles. The molecule has 0 radical (unpaired) electrons. The smallest absolute Gasteiger partial charge is 0.161 e. The number of phenolic OH excluding ortho intramolecular Hbond substituents is 2. The van der Waals surface area contributed by atoms with Gasteiger partial charge in [0.25, 0.3) is 0 Å². The maximum Gasteiger partial charge on any atom is 0.161 e. The van der Waals surface area contributed by atoms with Crippen molar-refractivity contribution in [1.29, 1.82) is 0 Å². The van der Waals surface area contributed by atoms with Crippen LogP contribution in [0.25, 0.3) is 0 Å². The molecular formula is C27H33NO6. The van der Waals surface area contributed by atoms with Crippen LogP contribution in [0.1, 0.15) is 17.5 Å². The van der Waals surface area contributed by atoms with Gasteiger partial charge in [-0.3, -0.25) is 0 Å². The maximum atomic E-state index is 10.1. The second kappa shape index (κ2) is 13.3. The first-order valence-electron chi connectivity index (χ1n) is 11.4. The van der Waals surface area contributed by atoms with Crippen LogP contribution < -0.4 is 19.5 Å². The highest BCUT2D eigenvalue weighted by molar-refractivity contribution is 5.44. The van der Waals surface area contributed by atoms with Gasteiger partial charge < -0.3 is 34.8 Å². The number of phenols is 2. The molecular weight excluding hydrogens is 434 g/mol. The zero-order valence-corrected chi connectivity index (χ0v) is 19.4. The lowest BCUT2D eigenvalue weighted by Gasteiger charge is -2.14. The average Bonchev–Trinajstić information content (AvgIpc) is 2.86. The summed E-state index contributed by atoms with van der Waals surface area (Å²) in [6, 6.07) is 20.5. The monoisotopic (exact) mass is 467 g/mol. The molecule has 3 aromatic carbocycles. The molecule has 0 spiro atoms. The molecule has 0 heterocycles. The number of aryl methyl sites for hydroxylation is 1. The number of hydrogen-bond acceptors (Lipinski definition) is 7. The third-order valence-electron chi connectivity index (χ3n) is 5.30. The first kappa shape index (κ1) is 25.2. The highest BCUT2D eigenvalue weighted by Gasteiger charge is 2.09. The summed E-state index contributed by atoms with van der Waals surface area (Å²) >= 11 is 0. The quantitative estimate of drug-likeness (QED) is 0.212. The van der Waals surface area contributed by atoms with E-state index in [1.165, 1.54) is 23.8 Å². The van der Waals surface area contributed by atoms with Crippen molar-refractivity contribution in [2.75, 3.05) is 33.4 Å². The molecule has 0 aromatic heterocycles. The van der Waals surface area contributed by atoms with Crippen molar-refractivity contribution in [3.63, 3.8) is 0 Å². The largest absolute Gasteiger partial charge is 0.504 e. The minimum atomic E-state index is -0.711. The van der Waals surface area contributed by atoms with Crippen LogP contribution in [-0.4, -0.2) is 54.8 Å². The summed E-state index contributed by atoms with van der Waals surface area (Å²) in [4.78, 5) is 0. The Morgan fingerprint density at radius 3 is 2.41 bits per heavy atom. The van der Waals surface area contributed by atoms with Crippen LogP contribution in [0.3, 0.4) is 0 Å². The number of aliphatic hydroxyl groups excluding tert-OH is 1. The highest BCUT2D eigenvalue weighted by Crippen LogP contribution is 2.29. The van der Waals surface area contributed by atoms with Crippen LogP contribution in [0.5, 0.6) is 28.7 Å². The fourth-order valence-corrected chi connectivity index (χ4v) is 3.44. The van der Waals surface area contributed by atoms with Gasteiger partial charge in [0.15, 0.2) is 23.0 Å². The van der Waals surface area contributed by atoms with Gasteiger partial charge >= 0.3 is 0 Å². The molecule has 0 unspecified atom stereocenters. The SMILES string of the molecule is COc1cc(CCNC[C@H](O)COc2ccc(O)c(O)c2)ccc1OCCCc1ccccc1. The number of methoxy groups -OCH3 is 1. The molecule has 3 rings (SSSR count). The van der Waals surface area contributed by atoms with Crippen molar-refractivity contribution >= 4 is 0 Å². The Kier molecular flexibility index (Phi) is 9.88. The first-order valence-corrected chi connectivity index (χ1v) is 11.4. The van der Waals surface area contributed by atoms with Crippen molar-refractivity contribution in [1.82, 2.24) is 5.32 Å². The van der Waals surface area contributed by atoms with Gasteiger partial charge in [0.1, 0.15) is 18.5 Å². The summed E-state index contributed by atoms with van der Waals surface area (Å²) in [5.41, 5.74) is 2.41. The Labute approximate surface area is 200 Å². The number of ether oxygens (including phenoxy) is 3. The molecule has 0 aliphatic heterocycles. The zero-order valence-electron chi connectivity index (χ0n) is 19.4. The Bertz CT molecular complexity index is 1010. The second-order valence-electron chi connectivity index (χ2n) is 7.99. The minimum Gasteiger partial charge on any atom is -0.504 e. The normalized spacial score (nSPS) is 11.7. The fraction of sp³-hybridized carbons (Fsp3) is 0.333. The summed E-state index contributed by atoms with van der Waals surface area (Å²) in [6.07, 6.45) is 1.96. The molecule has 1 atom stereocenters. The van der Waals surface area contributed by atoms with Crippen molar-refractivity contribution in [3.05, 3.63) is 77.9 Å². The summed E-state index contributed by atoms with van der Waals surface area (Å²) in [5.74, 6) is 1.35. The summed E-state index contributed by atoms with van der Waals surface area (Å²) in [5, 5.41) is 32.1. The molecule has 34 heavy (non-hydrogen) atoms. The van der Waals surface area contributed by atoms with Gasteiger partial charge in [-0.2, -0.15) is 0 Å². The predicted octanol–water partition coefficient (Wildman–Crippen LogP) is 3.69. The molecule has 3 aromatic rings. The molecule has 0 fully saturated rings. The molecule has 0 aliphatic carbocycles. The van der Waals surface area contributed by atoms with E-state index in [2.05, 4.69) is 17.4 Å². The summed E-state index contributed by atoms with van der Waals surface area (Å²) in [7, 11) is 1.64. The lowest BCUT2D eigenvalue weighted by atomic mass is 10.1. The molecule has 7 nitrogen and oxygen atoms in total. The van der Waals surface area contributed by atoms with Crippen LogP contribution >= 0.6 is 0 Å². The maximum absolute atomic E-state index is 10.1. The standard InChI is InChI=1S/C27H33NO6/c1-32-27-16-21(9-12-26(27)33-15-5-8-20-6-3-2-4-7-20)13-14-28-18-22(29)19-34-23-10-11-24(30)25(31)17-23/h2-4,6-7,9-12,16-17,22,28-31H,5,8,13-15,18-19H2,1H3/t22-/m0/s1. The first-order chi connectivity index (χ1) is 16.5. The number of rotatable bonds is 14. The zero-order chi connectivity index (χ0) is 24.2. The third kappa shape index (κ3) is 8.17. The lowest BCUT2D eigenvalue weighted by molar-refractivity contribution is 0.106. The number of nitrogens with one attached hydrogen (secondary N) is 1. The number of aromatic hydroxyl groups is 2. The van der Waals surface area contributed by atoms with E-state index in [0.29, 0.717) is 31.2 Å². The van der Waals surface area contributed by atoms with Crippen LogP contribution in [0, 0.1) is 0 Å². The molecule has 4 N–H and O–H groups in total. The minimum absolute atomic E-state index is 0.0708. The van der Waals surface area contributed by atoms with Crippen molar-refractivity contribution in [2.24, 2.45) is 0 Å². The van der Waals surface area contributed by atoms with Crippen LogP contribution in [-0.2, 0) is 12.8 Å². The van der Waals surface area contributed by atoms with E-state index >= 15 is 0 Å². The van der Waals surface area contributed by atoms with E-state index in [1.807, 2.05) is 36.4 Å². The molecule has 0 saturated heterocycles. The van der Waals surface area contributed by atoms with Crippen molar-refractivity contribution in [3.8, 4) is 28.7 Å². The van der Waals surface area contributed by atoms with Gasteiger partial charge in [-0.05, 0) is 61.2 Å². The number of benzene rings is 3. The van der Waals surface area contributed by atoms with Gasteiger partial charge in [0, 0.05) is 12.6 Å². The third-order valence-corrected chi connectivity index (χ3v) is 5.30. The molecule has 7 heteroatoms. The Hall–Kier alpha value is -3.42. The van der Waals surface area contributed by atoms with Crippen molar-refractivity contribution in [2.45, 2.75) is 25.4 Å². The average molecular weight is 468 g/mol. The lowest BCUT2D eigenvalue weighted by Crippen LogP contribution is -2.32. The predicted molar refractivity (Wildman–Crippen MR) is 131 cm³/mol. The number of hydrogen-bond donors (Lipinski definition) is 4. The Morgan fingerprint density at radius 1 is 0.824 bits per heavy atom. The summed E-state index contributed by atoms with van der Waals surface area (Å²) < 4.78 is 16.9. The fourth-order valence-electron chi connectivity index (χ4n) is 3.44.